The van der Waals surface area contributed by atoms with Gasteiger partial charge in [0.25, 0.3) is 0 Å². The lowest BCUT2D eigenvalue weighted by atomic mass is 9.88. The van der Waals surface area contributed by atoms with Crippen LogP contribution in [0, 0.1) is 6.92 Å². The van der Waals surface area contributed by atoms with E-state index < -0.39 is 6.04 Å². The lowest BCUT2D eigenvalue weighted by Gasteiger charge is -2.32. The second-order valence-electron chi connectivity index (χ2n) is 7.84. The molecule has 31 heavy (non-hydrogen) atoms. The molecular formula is C25H23N3O3. The van der Waals surface area contributed by atoms with Crippen molar-refractivity contribution in [1.29, 1.82) is 0 Å². The number of aryl methyl sites for hydroxylation is 1. The minimum absolute atomic E-state index is 0.0386. The molecule has 1 unspecified atom stereocenters. The molecule has 2 N–H and O–H groups in total. The molecule has 1 aliphatic carbocycles. The third-order valence-corrected chi connectivity index (χ3v) is 5.86. The normalized spacial score (nSPS) is 18.0. The minimum Gasteiger partial charge on any atom is -0.467 e. The van der Waals surface area contributed by atoms with Gasteiger partial charge in [-0.15, -0.1) is 0 Å². The summed E-state index contributed by atoms with van der Waals surface area (Å²) in [6.45, 7) is 1.95. The number of allylic oxidation sites excluding steroid dienone is 1. The molecule has 156 valence electrons. The fraction of sp³-hybridized carbons (Fsp3) is 0.200. The van der Waals surface area contributed by atoms with Crippen LogP contribution in [0.3, 0.4) is 0 Å². The van der Waals surface area contributed by atoms with E-state index >= 15 is 0 Å². The van der Waals surface area contributed by atoms with Crippen molar-refractivity contribution in [1.82, 2.24) is 0 Å². The molecule has 6 nitrogen and oxygen atoms in total. The van der Waals surface area contributed by atoms with Crippen LogP contribution in [0.15, 0.2) is 82.6 Å². The number of fused-ring (bicyclic) bond motifs is 1. The number of carbonyl (C=O) groups is 2. The average molecular weight is 413 g/mol. The van der Waals surface area contributed by atoms with Gasteiger partial charge in [-0.1, -0.05) is 30.3 Å². The van der Waals surface area contributed by atoms with Crippen molar-refractivity contribution >= 4 is 28.9 Å². The molecule has 2 aliphatic rings. The van der Waals surface area contributed by atoms with Crippen molar-refractivity contribution in [3.8, 4) is 0 Å². The first-order chi connectivity index (χ1) is 15.1. The van der Waals surface area contributed by atoms with E-state index in [4.69, 9.17) is 4.42 Å². The maximum Gasteiger partial charge on any atom is 0.327 e. The molecule has 0 radical (unpaired) electrons. The van der Waals surface area contributed by atoms with Crippen LogP contribution in [-0.4, -0.2) is 11.8 Å². The van der Waals surface area contributed by atoms with E-state index in [1.165, 1.54) is 0 Å². The predicted octanol–water partition coefficient (Wildman–Crippen LogP) is 5.80. The largest absolute Gasteiger partial charge is 0.467 e. The molecule has 0 bridgehead atoms. The monoisotopic (exact) mass is 413 g/mol. The molecule has 0 saturated carbocycles. The number of carbonyl (C=O) groups excluding carboxylic acids is 2. The highest BCUT2D eigenvalue weighted by atomic mass is 16.3. The Morgan fingerprint density at radius 1 is 1.06 bits per heavy atom. The lowest BCUT2D eigenvalue weighted by Crippen LogP contribution is -2.40. The molecule has 2 aromatic carbocycles. The molecule has 5 rings (SSSR count). The molecule has 1 atom stereocenters. The highest BCUT2D eigenvalue weighted by Crippen LogP contribution is 2.45. The Bertz CT molecular complexity index is 1180. The molecular weight excluding hydrogens is 390 g/mol. The molecule has 3 aromatic rings. The van der Waals surface area contributed by atoms with E-state index in [0.717, 1.165) is 35.5 Å². The van der Waals surface area contributed by atoms with Crippen LogP contribution >= 0.6 is 0 Å². The van der Waals surface area contributed by atoms with Crippen LogP contribution in [0.5, 0.6) is 0 Å². The quantitative estimate of drug-likeness (QED) is 0.557. The molecule has 0 saturated heterocycles. The van der Waals surface area contributed by atoms with Crippen LogP contribution in [0.2, 0.25) is 0 Å². The summed E-state index contributed by atoms with van der Waals surface area (Å²) in [5.74, 6) is 0.595. The summed E-state index contributed by atoms with van der Waals surface area (Å²) >= 11 is 0. The minimum atomic E-state index is -0.655. The molecule has 2 amide bonds. The number of anilines is 3. The van der Waals surface area contributed by atoms with E-state index in [1.807, 2.05) is 61.5 Å². The van der Waals surface area contributed by atoms with Gasteiger partial charge in [0.15, 0.2) is 5.78 Å². The molecule has 1 aliphatic heterocycles. The molecule has 6 heteroatoms. The van der Waals surface area contributed by atoms with Crippen molar-refractivity contribution in [2.24, 2.45) is 0 Å². The maximum atomic E-state index is 13.7. The number of amides is 2. The molecule has 1 aromatic heterocycles. The van der Waals surface area contributed by atoms with Gasteiger partial charge >= 0.3 is 6.03 Å². The summed E-state index contributed by atoms with van der Waals surface area (Å²) in [6, 6.07) is 17.9. The Morgan fingerprint density at radius 3 is 2.68 bits per heavy atom. The van der Waals surface area contributed by atoms with E-state index in [2.05, 4.69) is 10.6 Å². The molecule has 0 fully saturated rings. The zero-order valence-electron chi connectivity index (χ0n) is 17.2. The Balaban J connectivity index is 1.69. The maximum absolute atomic E-state index is 13.7. The van der Waals surface area contributed by atoms with Crippen LogP contribution < -0.4 is 15.5 Å². The number of furan rings is 1. The zero-order chi connectivity index (χ0) is 21.4. The Labute approximate surface area is 180 Å². The molecule has 2 heterocycles. The number of para-hydroxylation sites is 3. The zero-order valence-corrected chi connectivity index (χ0v) is 17.2. The number of nitrogens with zero attached hydrogens (tertiary/aromatic N) is 1. The topological polar surface area (TPSA) is 74.6 Å². The van der Waals surface area contributed by atoms with Crippen molar-refractivity contribution in [3.05, 3.63) is 89.5 Å². The highest BCUT2D eigenvalue weighted by Gasteiger charge is 2.41. The SMILES string of the molecule is Cc1ccccc1NC(=O)N1c2ccccc2NC2=C(C(=O)CCC2)C1c1ccco1. The van der Waals surface area contributed by atoms with Gasteiger partial charge in [0.2, 0.25) is 0 Å². The van der Waals surface area contributed by atoms with Crippen LogP contribution in [0.1, 0.15) is 36.6 Å². The van der Waals surface area contributed by atoms with Gasteiger partial charge in [-0.05, 0) is 55.7 Å². The van der Waals surface area contributed by atoms with Gasteiger partial charge < -0.3 is 15.1 Å². The summed E-state index contributed by atoms with van der Waals surface area (Å²) in [6.07, 6.45) is 3.57. The van der Waals surface area contributed by atoms with Gasteiger partial charge in [0, 0.05) is 23.4 Å². The van der Waals surface area contributed by atoms with E-state index in [0.29, 0.717) is 23.4 Å². The number of urea groups is 1. The van der Waals surface area contributed by atoms with Crippen molar-refractivity contribution in [2.75, 3.05) is 15.5 Å². The van der Waals surface area contributed by atoms with Crippen LogP contribution in [0.4, 0.5) is 21.9 Å². The first-order valence-corrected chi connectivity index (χ1v) is 10.4. The van der Waals surface area contributed by atoms with Crippen molar-refractivity contribution in [2.45, 2.75) is 32.2 Å². The Hall–Kier alpha value is -3.80. The highest BCUT2D eigenvalue weighted by molar-refractivity contribution is 6.09. The summed E-state index contributed by atoms with van der Waals surface area (Å²) in [5, 5.41) is 6.47. The Kier molecular flexibility index (Phi) is 4.82. The van der Waals surface area contributed by atoms with E-state index in [-0.39, 0.29) is 11.8 Å². The van der Waals surface area contributed by atoms with E-state index in [9.17, 15) is 9.59 Å². The molecule has 0 spiro atoms. The number of hydrogen-bond donors (Lipinski definition) is 2. The first kappa shape index (κ1) is 19.2. The third kappa shape index (κ3) is 3.40. The van der Waals surface area contributed by atoms with Gasteiger partial charge in [-0.3, -0.25) is 9.69 Å². The summed E-state index contributed by atoms with van der Waals surface area (Å²) < 4.78 is 5.76. The number of hydrogen-bond acceptors (Lipinski definition) is 4. The number of ketones is 1. The van der Waals surface area contributed by atoms with Gasteiger partial charge in [-0.2, -0.15) is 0 Å². The van der Waals surface area contributed by atoms with Gasteiger partial charge in [-0.25, -0.2) is 4.79 Å². The standard InChI is InChI=1S/C25H23N3O3/c1-16-8-2-3-9-17(16)27-25(30)28-20-12-5-4-10-18(20)26-19-11-6-13-21(29)23(19)24(28)22-14-7-15-31-22/h2-5,7-10,12,14-15,24,26H,6,11,13H2,1H3,(H,27,30). The summed E-state index contributed by atoms with van der Waals surface area (Å²) in [4.78, 5) is 28.5. The number of Topliss-reactive ketones (excluding diaryl/α,β-unsaturated/α-hetero) is 1. The van der Waals surface area contributed by atoms with Crippen molar-refractivity contribution < 1.29 is 14.0 Å². The second kappa shape index (κ2) is 7.80. The fourth-order valence-corrected chi connectivity index (χ4v) is 4.36. The number of rotatable bonds is 2. The first-order valence-electron chi connectivity index (χ1n) is 10.4. The van der Waals surface area contributed by atoms with Crippen LogP contribution in [0.25, 0.3) is 0 Å². The van der Waals surface area contributed by atoms with Gasteiger partial charge in [0.1, 0.15) is 11.8 Å². The average Bonchev–Trinajstić information content (AvgIpc) is 3.25. The fourth-order valence-electron chi connectivity index (χ4n) is 4.36. The number of benzene rings is 2. The summed E-state index contributed by atoms with van der Waals surface area (Å²) in [5.41, 5.74) is 4.62. The van der Waals surface area contributed by atoms with E-state index in [1.54, 1.807) is 17.2 Å². The van der Waals surface area contributed by atoms with Crippen molar-refractivity contribution in [3.63, 3.8) is 0 Å². The Morgan fingerprint density at radius 2 is 1.87 bits per heavy atom. The third-order valence-electron chi connectivity index (χ3n) is 5.86. The lowest BCUT2D eigenvalue weighted by molar-refractivity contribution is -0.116. The van der Waals surface area contributed by atoms with Crippen LogP contribution in [-0.2, 0) is 4.79 Å². The smallest absolute Gasteiger partial charge is 0.327 e. The predicted molar refractivity (Wildman–Crippen MR) is 120 cm³/mol. The number of nitrogens with one attached hydrogen (secondary N) is 2. The summed E-state index contributed by atoms with van der Waals surface area (Å²) in [7, 11) is 0. The second-order valence-corrected chi connectivity index (χ2v) is 7.84. The van der Waals surface area contributed by atoms with Gasteiger partial charge in [0.05, 0.1) is 17.6 Å².